The van der Waals surface area contributed by atoms with Crippen molar-refractivity contribution in [3.05, 3.63) is 28.4 Å². The summed E-state index contributed by atoms with van der Waals surface area (Å²) in [6.07, 6.45) is 4.59. The lowest BCUT2D eigenvalue weighted by atomic mass is 10.2. The van der Waals surface area contributed by atoms with Gasteiger partial charge in [0.05, 0.1) is 0 Å². The van der Waals surface area contributed by atoms with Crippen LogP contribution in [0, 0.1) is 13.8 Å². The van der Waals surface area contributed by atoms with Crippen molar-refractivity contribution in [1.29, 1.82) is 0 Å². The lowest BCUT2D eigenvalue weighted by Crippen LogP contribution is -2.15. The van der Waals surface area contributed by atoms with Crippen LogP contribution in [0.1, 0.15) is 29.0 Å². The molecule has 3 rings (SSSR count). The highest BCUT2D eigenvalue weighted by atomic mass is 32.2. The Morgan fingerprint density at radius 2 is 2.21 bits per heavy atom. The SMILES string of the molecule is Cc1nnc(Sc2ncc(CNC3CC3)cc2C)s1. The maximum Gasteiger partial charge on any atom is 0.180 e. The zero-order chi connectivity index (χ0) is 13.2. The molecule has 0 aliphatic heterocycles. The summed E-state index contributed by atoms with van der Waals surface area (Å²) in [5.41, 5.74) is 2.45. The molecule has 0 spiro atoms. The van der Waals surface area contributed by atoms with Crippen LogP contribution in [0.15, 0.2) is 21.6 Å². The molecule has 4 nitrogen and oxygen atoms in total. The van der Waals surface area contributed by atoms with E-state index in [9.17, 15) is 0 Å². The van der Waals surface area contributed by atoms with Crippen LogP contribution in [0.25, 0.3) is 0 Å². The number of hydrogen-bond donors (Lipinski definition) is 1. The van der Waals surface area contributed by atoms with E-state index in [1.165, 1.54) is 24.0 Å². The van der Waals surface area contributed by atoms with Gasteiger partial charge in [-0.1, -0.05) is 17.4 Å². The lowest BCUT2D eigenvalue weighted by molar-refractivity contribution is 0.684. The molecule has 0 saturated heterocycles. The normalized spacial score (nSPS) is 14.8. The van der Waals surface area contributed by atoms with Crippen molar-refractivity contribution < 1.29 is 0 Å². The minimum absolute atomic E-state index is 0.735. The quantitative estimate of drug-likeness (QED) is 0.918. The molecule has 0 atom stereocenters. The van der Waals surface area contributed by atoms with Crippen LogP contribution in [0.4, 0.5) is 0 Å². The average Bonchev–Trinajstić information content (AvgIpc) is 3.13. The summed E-state index contributed by atoms with van der Waals surface area (Å²) in [6, 6.07) is 2.94. The largest absolute Gasteiger partial charge is 0.310 e. The van der Waals surface area contributed by atoms with E-state index in [4.69, 9.17) is 0 Å². The Morgan fingerprint density at radius 1 is 1.37 bits per heavy atom. The summed E-state index contributed by atoms with van der Waals surface area (Å²) >= 11 is 3.20. The maximum absolute atomic E-state index is 4.54. The molecular formula is C13H16N4S2. The number of hydrogen-bond acceptors (Lipinski definition) is 6. The second kappa shape index (κ2) is 5.56. The third-order valence-corrected chi connectivity index (χ3v) is 4.96. The van der Waals surface area contributed by atoms with Crippen LogP contribution >= 0.6 is 23.1 Å². The van der Waals surface area contributed by atoms with Crippen molar-refractivity contribution >= 4 is 23.1 Å². The Labute approximate surface area is 121 Å². The lowest BCUT2D eigenvalue weighted by Gasteiger charge is -2.06. The van der Waals surface area contributed by atoms with Gasteiger partial charge in [-0.15, -0.1) is 10.2 Å². The highest BCUT2D eigenvalue weighted by Crippen LogP contribution is 2.30. The van der Waals surface area contributed by atoms with Gasteiger partial charge in [0.2, 0.25) is 0 Å². The van der Waals surface area contributed by atoms with Gasteiger partial charge in [-0.3, -0.25) is 0 Å². The molecule has 0 amide bonds. The molecule has 0 unspecified atom stereocenters. The zero-order valence-corrected chi connectivity index (χ0v) is 12.6. The Balaban J connectivity index is 1.67. The van der Waals surface area contributed by atoms with Gasteiger partial charge in [-0.25, -0.2) is 4.98 Å². The molecule has 100 valence electrons. The first-order valence-electron chi connectivity index (χ1n) is 6.37. The average molecular weight is 292 g/mol. The number of aryl methyl sites for hydroxylation is 2. The van der Waals surface area contributed by atoms with E-state index in [2.05, 4.69) is 33.5 Å². The summed E-state index contributed by atoms with van der Waals surface area (Å²) < 4.78 is 0.956. The molecule has 6 heteroatoms. The van der Waals surface area contributed by atoms with E-state index >= 15 is 0 Å². The summed E-state index contributed by atoms with van der Waals surface area (Å²) in [5.74, 6) is 0. The molecule has 19 heavy (non-hydrogen) atoms. The number of nitrogens with one attached hydrogen (secondary N) is 1. The smallest absolute Gasteiger partial charge is 0.180 e. The van der Waals surface area contributed by atoms with Crippen LogP contribution in [0.3, 0.4) is 0 Å². The van der Waals surface area contributed by atoms with Crippen LogP contribution in [0.2, 0.25) is 0 Å². The molecule has 2 aromatic rings. The Bertz CT molecular complexity index is 578. The molecular weight excluding hydrogens is 276 g/mol. The fourth-order valence-corrected chi connectivity index (χ4v) is 3.53. The van der Waals surface area contributed by atoms with Crippen LogP contribution in [0.5, 0.6) is 0 Å². The topological polar surface area (TPSA) is 50.7 Å². The van der Waals surface area contributed by atoms with Crippen molar-refractivity contribution in [2.45, 2.75) is 48.6 Å². The van der Waals surface area contributed by atoms with Gasteiger partial charge in [0, 0.05) is 18.8 Å². The van der Waals surface area contributed by atoms with E-state index in [0.29, 0.717) is 0 Å². The predicted molar refractivity (Wildman–Crippen MR) is 77.6 cm³/mol. The molecule has 0 radical (unpaired) electrons. The van der Waals surface area contributed by atoms with Gasteiger partial charge in [-0.05, 0) is 49.6 Å². The fraction of sp³-hybridized carbons (Fsp3) is 0.462. The monoisotopic (exact) mass is 292 g/mol. The number of aromatic nitrogens is 3. The van der Waals surface area contributed by atoms with Crippen LogP contribution in [-0.2, 0) is 6.54 Å². The van der Waals surface area contributed by atoms with Gasteiger partial charge in [-0.2, -0.15) is 0 Å². The van der Waals surface area contributed by atoms with Crippen LogP contribution < -0.4 is 5.32 Å². The Morgan fingerprint density at radius 3 is 2.84 bits per heavy atom. The molecule has 0 aromatic carbocycles. The van der Waals surface area contributed by atoms with Crippen molar-refractivity contribution in [1.82, 2.24) is 20.5 Å². The number of pyridine rings is 1. The Kier molecular flexibility index (Phi) is 3.81. The minimum Gasteiger partial charge on any atom is -0.310 e. The first kappa shape index (κ1) is 13.0. The summed E-state index contributed by atoms with van der Waals surface area (Å²) in [5, 5.41) is 13.7. The molecule has 2 aromatic heterocycles. The Hall–Kier alpha value is -0.980. The molecule has 2 heterocycles. The van der Waals surface area contributed by atoms with Gasteiger partial charge < -0.3 is 5.32 Å². The standard InChI is InChI=1S/C13H16N4S2/c1-8-5-10(6-14-11-3-4-11)7-15-12(8)19-13-17-16-9(2)18-13/h5,7,11,14H,3-4,6H2,1-2H3. The number of nitrogens with zero attached hydrogens (tertiary/aromatic N) is 3. The van der Waals surface area contributed by atoms with Crippen molar-refractivity contribution in [3.63, 3.8) is 0 Å². The molecule has 1 saturated carbocycles. The molecule has 1 aliphatic carbocycles. The predicted octanol–water partition coefficient (Wildman–Crippen LogP) is 2.95. The van der Waals surface area contributed by atoms with E-state index in [0.717, 1.165) is 27.0 Å². The minimum atomic E-state index is 0.735. The zero-order valence-electron chi connectivity index (χ0n) is 11.0. The van der Waals surface area contributed by atoms with Gasteiger partial charge in [0.15, 0.2) is 4.34 Å². The van der Waals surface area contributed by atoms with Crippen molar-refractivity contribution in [3.8, 4) is 0 Å². The highest BCUT2D eigenvalue weighted by Gasteiger charge is 2.20. The molecule has 1 aliphatic rings. The molecule has 0 bridgehead atoms. The van der Waals surface area contributed by atoms with E-state index < -0.39 is 0 Å². The summed E-state index contributed by atoms with van der Waals surface area (Å²) in [4.78, 5) is 4.54. The van der Waals surface area contributed by atoms with Crippen molar-refractivity contribution in [2.24, 2.45) is 0 Å². The van der Waals surface area contributed by atoms with E-state index in [-0.39, 0.29) is 0 Å². The fourth-order valence-electron chi connectivity index (χ4n) is 1.78. The highest BCUT2D eigenvalue weighted by molar-refractivity contribution is 8.01. The van der Waals surface area contributed by atoms with Crippen molar-refractivity contribution in [2.75, 3.05) is 0 Å². The summed E-state index contributed by atoms with van der Waals surface area (Å²) in [7, 11) is 0. The third kappa shape index (κ3) is 3.52. The van der Waals surface area contributed by atoms with E-state index in [1.807, 2.05) is 13.1 Å². The number of rotatable bonds is 5. The first-order chi connectivity index (χ1) is 9.20. The van der Waals surface area contributed by atoms with Gasteiger partial charge >= 0.3 is 0 Å². The maximum atomic E-state index is 4.54. The third-order valence-electron chi connectivity index (χ3n) is 2.95. The molecule has 1 N–H and O–H groups in total. The van der Waals surface area contributed by atoms with Gasteiger partial charge in [0.1, 0.15) is 10.0 Å². The second-order valence-electron chi connectivity index (χ2n) is 4.81. The second-order valence-corrected chi connectivity index (χ2v) is 7.23. The van der Waals surface area contributed by atoms with Crippen LogP contribution in [-0.4, -0.2) is 21.2 Å². The molecule has 1 fully saturated rings. The van der Waals surface area contributed by atoms with Gasteiger partial charge in [0.25, 0.3) is 0 Å². The van der Waals surface area contributed by atoms with E-state index in [1.54, 1.807) is 23.1 Å². The summed E-state index contributed by atoms with van der Waals surface area (Å²) in [6.45, 7) is 4.99. The first-order valence-corrected chi connectivity index (χ1v) is 8.01.